The number of nitrogens with zero attached hydrogens (tertiary/aromatic N) is 1. The van der Waals surface area contributed by atoms with E-state index < -0.39 is 0 Å². The summed E-state index contributed by atoms with van der Waals surface area (Å²) in [5.41, 5.74) is 0. The third kappa shape index (κ3) is 7.51. The van der Waals surface area contributed by atoms with Gasteiger partial charge in [0, 0.05) is 18.9 Å². The minimum atomic E-state index is -0.164. The van der Waals surface area contributed by atoms with Crippen LogP contribution in [0.4, 0.5) is 0 Å². The molecule has 2 amide bonds. The monoisotopic (exact) mass is 341 g/mol. The lowest BCUT2D eigenvalue weighted by molar-refractivity contribution is -0.138. The van der Waals surface area contributed by atoms with Gasteiger partial charge in [0.05, 0.1) is 5.25 Å². The Morgan fingerprint density at radius 3 is 2.61 bits per heavy atom. The van der Waals surface area contributed by atoms with E-state index in [0.29, 0.717) is 13.0 Å². The summed E-state index contributed by atoms with van der Waals surface area (Å²) in [6, 6.07) is 0. The van der Waals surface area contributed by atoms with Crippen LogP contribution in [0.2, 0.25) is 0 Å². The van der Waals surface area contributed by atoms with Gasteiger partial charge in [-0.25, -0.2) is 0 Å². The van der Waals surface area contributed by atoms with Gasteiger partial charge in [-0.2, -0.15) is 0 Å². The molecule has 0 aliphatic carbocycles. The van der Waals surface area contributed by atoms with E-state index in [2.05, 4.69) is 6.92 Å². The van der Waals surface area contributed by atoms with E-state index in [4.69, 9.17) is 0 Å². The quantitative estimate of drug-likeness (QED) is 0.290. The first-order valence-corrected chi connectivity index (χ1v) is 10.1. The van der Waals surface area contributed by atoms with Crippen molar-refractivity contribution in [2.24, 2.45) is 5.92 Å². The van der Waals surface area contributed by atoms with Crippen LogP contribution in [0.5, 0.6) is 0 Å². The molecule has 23 heavy (non-hydrogen) atoms. The van der Waals surface area contributed by atoms with Crippen LogP contribution in [0.3, 0.4) is 0 Å². The number of thioether (sulfide) groups is 1. The largest absolute Gasteiger partial charge is 0.303 e. The average molecular weight is 342 g/mol. The Morgan fingerprint density at radius 2 is 1.91 bits per heavy atom. The number of hydrogen-bond acceptors (Lipinski definition) is 4. The average Bonchev–Trinajstić information content (AvgIpc) is 2.81. The van der Waals surface area contributed by atoms with Gasteiger partial charge in [0.2, 0.25) is 11.8 Å². The van der Waals surface area contributed by atoms with Gasteiger partial charge in [0.1, 0.15) is 6.29 Å². The third-order valence-corrected chi connectivity index (χ3v) is 5.59. The van der Waals surface area contributed by atoms with Gasteiger partial charge in [0.25, 0.3) is 0 Å². The van der Waals surface area contributed by atoms with Crippen LogP contribution < -0.4 is 0 Å². The third-order valence-electron chi connectivity index (χ3n) is 4.29. The first-order chi connectivity index (χ1) is 11.1. The molecule has 0 aromatic carbocycles. The van der Waals surface area contributed by atoms with Crippen LogP contribution in [-0.2, 0) is 14.4 Å². The minimum Gasteiger partial charge on any atom is -0.303 e. The smallest absolute Gasteiger partial charge is 0.242 e. The molecule has 132 valence electrons. The van der Waals surface area contributed by atoms with E-state index in [9.17, 15) is 14.4 Å². The maximum Gasteiger partial charge on any atom is 0.242 e. The Balaban J connectivity index is 2.16. The molecule has 1 saturated heterocycles. The fraction of sp³-hybridized carbons (Fsp3) is 0.833. The summed E-state index contributed by atoms with van der Waals surface area (Å²) in [4.78, 5) is 36.2. The summed E-state index contributed by atoms with van der Waals surface area (Å²) in [5, 5.41) is -0.164. The predicted molar refractivity (Wildman–Crippen MR) is 95.4 cm³/mol. The molecule has 0 bridgehead atoms. The van der Waals surface area contributed by atoms with E-state index in [1.807, 2.05) is 6.92 Å². The first-order valence-electron chi connectivity index (χ1n) is 9.01. The number of carbonyl (C=O) groups excluding carboxylic acids is 3. The van der Waals surface area contributed by atoms with E-state index in [-0.39, 0.29) is 23.0 Å². The molecule has 2 atom stereocenters. The van der Waals surface area contributed by atoms with Crippen LogP contribution in [-0.4, -0.2) is 40.5 Å². The lowest BCUT2D eigenvalue weighted by atomic mass is 10.1. The molecule has 0 aromatic heterocycles. The van der Waals surface area contributed by atoms with Crippen molar-refractivity contribution in [3.05, 3.63) is 0 Å². The van der Waals surface area contributed by atoms with Crippen molar-refractivity contribution in [1.82, 2.24) is 4.90 Å². The van der Waals surface area contributed by atoms with E-state index in [0.717, 1.165) is 63.4 Å². The van der Waals surface area contributed by atoms with Crippen LogP contribution in [0.1, 0.15) is 71.6 Å². The van der Waals surface area contributed by atoms with Crippen molar-refractivity contribution in [3.63, 3.8) is 0 Å². The number of carbonyl (C=O) groups is 3. The molecule has 5 heteroatoms. The first kappa shape index (κ1) is 20.2. The van der Waals surface area contributed by atoms with Gasteiger partial charge < -0.3 is 4.79 Å². The Kier molecular flexibility index (Phi) is 10.2. The van der Waals surface area contributed by atoms with Crippen LogP contribution >= 0.6 is 11.8 Å². The number of likely N-dealkylation sites (tertiary alicyclic amines) is 1. The zero-order chi connectivity index (χ0) is 17.1. The number of hydrogen-bond donors (Lipinski definition) is 0. The SMILES string of the molecule is CCCCCCN1C(=O)CC(SCCCCCC(C)C=O)C1=O. The van der Waals surface area contributed by atoms with Crippen molar-refractivity contribution in [2.75, 3.05) is 12.3 Å². The summed E-state index contributed by atoms with van der Waals surface area (Å²) in [5.74, 6) is 1.09. The second kappa shape index (κ2) is 11.7. The zero-order valence-electron chi connectivity index (χ0n) is 14.6. The number of imide groups is 1. The zero-order valence-corrected chi connectivity index (χ0v) is 15.4. The number of amides is 2. The highest BCUT2D eigenvalue weighted by Gasteiger charge is 2.37. The van der Waals surface area contributed by atoms with E-state index in [1.165, 1.54) is 4.90 Å². The second-order valence-corrected chi connectivity index (χ2v) is 7.78. The molecule has 0 N–H and O–H groups in total. The predicted octanol–water partition coefficient (Wildman–Crippen LogP) is 3.82. The molecular formula is C18H31NO3S. The van der Waals surface area contributed by atoms with Gasteiger partial charge in [-0.3, -0.25) is 14.5 Å². The van der Waals surface area contributed by atoms with Gasteiger partial charge in [-0.15, -0.1) is 11.8 Å². The molecule has 0 saturated carbocycles. The lowest BCUT2D eigenvalue weighted by Gasteiger charge is -2.14. The highest BCUT2D eigenvalue weighted by molar-refractivity contribution is 8.00. The van der Waals surface area contributed by atoms with Gasteiger partial charge in [-0.1, -0.05) is 46.0 Å². The fourth-order valence-electron chi connectivity index (χ4n) is 2.75. The molecule has 0 radical (unpaired) electrons. The summed E-state index contributed by atoms with van der Waals surface area (Å²) >= 11 is 1.63. The summed E-state index contributed by atoms with van der Waals surface area (Å²) in [6.45, 7) is 4.69. The van der Waals surface area contributed by atoms with Gasteiger partial charge >= 0.3 is 0 Å². The normalized spacial score (nSPS) is 19.4. The Labute approximate surface area is 144 Å². The van der Waals surface area contributed by atoms with E-state index >= 15 is 0 Å². The molecule has 0 spiro atoms. The number of rotatable bonds is 13. The fourth-order valence-corrected chi connectivity index (χ4v) is 3.94. The second-order valence-electron chi connectivity index (χ2n) is 6.47. The number of unbranched alkanes of at least 4 members (excludes halogenated alkanes) is 5. The summed E-state index contributed by atoms with van der Waals surface area (Å²) < 4.78 is 0. The Bertz CT molecular complexity index is 386. The standard InChI is InChI=1S/C18H31NO3S/c1-3-4-5-8-11-19-17(21)13-16(18(19)22)23-12-9-6-7-10-15(2)14-20/h14-16H,3-13H2,1-2H3. The number of aldehydes is 1. The Morgan fingerprint density at radius 1 is 1.17 bits per heavy atom. The maximum atomic E-state index is 12.3. The van der Waals surface area contributed by atoms with Crippen molar-refractivity contribution in [2.45, 2.75) is 76.9 Å². The molecule has 1 heterocycles. The van der Waals surface area contributed by atoms with Crippen LogP contribution in [0, 0.1) is 5.92 Å². The topological polar surface area (TPSA) is 54.5 Å². The molecule has 0 aromatic rings. The summed E-state index contributed by atoms with van der Waals surface area (Å²) in [6.07, 6.45) is 9.85. The van der Waals surface area contributed by atoms with Crippen molar-refractivity contribution in [1.29, 1.82) is 0 Å². The molecule has 1 rings (SSSR count). The van der Waals surface area contributed by atoms with Crippen LogP contribution in [0.25, 0.3) is 0 Å². The highest BCUT2D eigenvalue weighted by Crippen LogP contribution is 2.26. The van der Waals surface area contributed by atoms with Crippen molar-refractivity contribution < 1.29 is 14.4 Å². The van der Waals surface area contributed by atoms with Gasteiger partial charge in [0.15, 0.2) is 0 Å². The van der Waals surface area contributed by atoms with Crippen molar-refractivity contribution >= 4 is 29.9 Å². The molecule has 2 unspecified atom stereocenters. The molecule has 1 aliphatic heterocycles. The van der Waals surface area contributed by atoms with Crippen molar-refractivity contribution in [3.8, 4) is 0 Å². The molecule has 1 fully saturated rings. The molecule has 4 nitrogen and oxygen atoms in total. The van der Waals surface area contributed by atoms with E-state index in [1.54, 1.807) is 11.8 Å². The highest BCUT2D eigenvalue weighted by atomic mass is 32.2. The molecule has 1 aliphatic rings. The minimum absolute atomic E-state index is 0.00352. The maximum absolute atomic E-state index is 12.3. The Hall–Kier alpha value is -0.840. The lowest BCUT2D eigenvalue weighted by Crippen LogP contribution is -2.32. The molecular weight excluding hydrogens is 310 g/mol. The summed E-state index contributed by atoms with van der Waals surface area (Å²) in [7, 11) is 0. The van der Waals surface area contributed by atoms with Crippen LogP contribution in [0.15, 0.2) is 0 Å². The van der Waals surface area contributed by atoms with Gasteiger partial charge in [-0.05, 0) is 25.0 Å².